The van der Waals surface area contributed by atoms with E-state index in [0.717, 1.165) is 16.1 Å². The van der Waals surface area contributed by atoms with Crippen molar-refractivity contribution in [2.24, 2.45) is 0 Å². The molecule has 0 saturated heterocycles. The van der Waals surface area contributed by atoms with E-state index in [0.29, 0.717) is 22.9 Å². The molecule has 7 heteroatoms. The standard InChI is InChI=1S/C18H14N2O4S/c21-17(19-9-11-5-6-13-14(7-11)24-10-23-13)8-16-18(22)20-12-3-1-2-4-15(12)25-16/h1-8H,9-10H2,(H,19,21)(H,20,22). The predicted molar refractivity (Wildman–Crippen MR) is 93.4 cm³/mol. The molecule has 2 aliphatic heterocycles. The Morgan fingerprint density at radius 3 is 2.96 bits per heavy atom. The number of rotatable bonds is 3. The molecule has 0 aromatic heterocycles. The number of hydrogen-bond donors (Lipinski definition) is 2. The first-order valence-corrected chi connectivity index (χ1v) is 8.47. The van der Waals surface area contributed by atoms with Gasteiger partial charge in [-0.25, -0.2) is 0 Å². The lowest BCUT2D eigenvalue weighted by molar-refractivity contribution is -0.117. The summed E-state index contributed by atoms with van der Waals surface area (Å²) in [7, 11) is 0. The Morgan fingerprint density at radius 1 is 1.20 bits per heavy atom. The molecular formula is C18H14N2O4S. The number of ether oxygens (including phenoxy) is 2. The first-order valence-electron chi connectivity index (χ1n) is 7.65. The van der Waals surface area contributed by atoms with E-state index >= 15 is 0 Å². The van der Waals surface area contributed by atoms with Gasteiger partial charge in [-0.15, -0.1) is 0 Å². The van der Waals surface area contributed by atoms with E-state index < -0.39 is 0 Å². The molecule has 2 N–H and O–H groups in total. The summed E-state index contributed by atoms with van der Waals surface area (Å²) in [6.45, 7) is 0.549. The molecule has 0 aliphatic carbocycles. The van der Waals surface area contributed by atoms with Crippen molar-refractivity contribution in [3.05, 3.63) is 59.0 Å². The Morgan fingerprint density at radius 2 is 2.04 bits per heavy atom. The lowest BCUT2D eigenvalue weighted by atomic mass is 10.2. The fourth-order valence-electron chi connectivity index (χ4n) is 2.51. The number of fused-ring (bicyclic) bond motifs is 2. The summed E-state index contributed by atoms with van der Waals surface area (Å²) in [4.78, 5) is 25.5. The third kappa shape index (κ3) is 3.32. The van der Waals surface area contributed by atoms with Crippen LogP contribution in [0.3, 0.4) is 0 Å². The fraction of sp³-hybridized carbons (Fsp3) is 0.111. The largest absolute Gasteiger partial charge is 0.454 e. The van der Waals surface area contributed by atoms with E-state index in [1.165, 1.54) is 17.8 Å². The molecular weight excluding hydrogens is 340 g/mol. The second kappa shape index (κ2) is 6.52. The van der Waals surface area contributed by atoms with Crippen molar-refractivity contribution in [3.63, 3.8) is 0 Å². The van der Waals surface area contributed by atoms with Gasteiger partial charge in [0.15, 0.2) is 11.5 Å². The molecule has 2 aromatic rings. The van der Waals surface area contributed by atoms with Crippen LogP contribution in [0.2, 0.25) is 0 Å². The highest BCUT2D eigenvalue weighted by Gasteiger charge is 2.21. The quantitative estimate of drug-likeness (QED) is 0.829. The zero-order chi connectivity index (χ0) is 17.2. The summed E-state index contributed by atoms with van der Waals surface area (Å²) in [5, 5.41) is 5.56. The molecule has 2 amide bonds. The first kappa shape index (κ1) is 15.6. The molecule has 0 fully saturated rings. The maximum atomic E-state index is 12.1. The van der Waals surface area contributed by atoms with E-state index in [4.69, 9.17) is 9.47 Å². The van der Waals surface area contributed by atoms with E-state index in [-0.39, 0.29) is 18.6 Å². The topological polar surface area (TPSA) is 76.7 Å². The highest BCUT2D eigenvalue weighted by molar-refractivity contribution is 8.04. The Balaban J connectivity index is 1.42. The number of anilines is 1. The molecule has 0 saturated carbocycles. The van der Waals surface area contributed by atoms with Crippen LogP contribution < -0.4 is 20.1 Å². The van der Waals surface area contributed by atoms with Crippen molar-refractivity contribution in [2.45, 2.75) is 11.4 Å². The first-order chi connectivity index (χ1) is 12.2. The molecule has 2 aliphatic rings. The van der Waals surface area contributed by atoms with Gasteiger partial charge in [-0.2, -0.15) is 0 Å². The van der Waals surface area contributed by atoms with Crippen LogP contribution in [0.5, 0.6) is 11.5 Å². The number of hydrogen-bond acceptors (Lipinski definition) is 5. The Labute approximate surface area is 148 Å². The van der Waals surface area contributed by atoms with Gasteiger partial charge < -0.3 is 20.1 Å². The maximum Gasteiger partial charge on any atom is 0.262 e. The van der Waals surface area contributed by atoms with Crippen molar-refractivity contribution in [1.82, 2.24) is 5.32 Å². The maximum absolute atomic E-state index is 12.1. The van der Waals surface area contributed by atoms with Crippen molar-refractivity contribution >= 4 is 29.3 Å². The molecule has 0 spiro atoms. The van der Waals surface area contributed by atoms with Crippen molar-refractivity contribution in [1.29, 1.82) is 0 Å². The summed E-state index contributed by atoms with van der Waals surface area (Å²) < 4.78 is 10.6. The number of benzene rings is 2. The number of nitrogens with one attached hydrogen (secondary N) is 2. The highest BCUT2D eigenvalue weighted by Crippen LogP contribution is 2.37. The van der Waals surface area contributed by atoms with Gasteiger partial charge >= 0.3 is 0 Å². The molecule has 126 valence electrons. The van der Waals surface area contributed by atoms with Gasteiger partial charge in [-0.3, -0.25) is 9.59 Å². The molecule has 0 atom stereocenters. The second-order valence-electron chi connectivity index (χ2n) is 5.47. The summed E-state index contributed by atoms with van der Waals surface area (Å²) in [6, 6.07) is 13.0. The summed E-state index contributed by atoms with van der Waals surface area (Å²) >= 11 is 1.28. The molecule has 4 rings (SSSR count). The van der Waals surface area contributed by atoms with Gasteiger partial charge in [0, 0.05) is 17.5 Å². The predicted octanol–water partition coefficient (Wildman–Crippen LogP) is 2.66. The molecule has 6 nitrogen and oxygen atoms in total. The lowest BCUT2D eigenvalue weighted by Gasteiger charge is -2.18. The number of amides is 2. The summed E-state index contributed by atoms with van der Waals surface area (Å²) in [5.41, 5.74) is 1.65. The molecule has 0 radical (unpaired) electrons. The normalized spacial score (nSPS) is 16.3. The van der Waals surface area contributed by atoms with E-state index in [1.54, 1.807) is 0 Å². The molecule has 0 unspecified atom stereocenters. The summed E-state index contributed by atoms with van der Waals surface area (Å²) in [5.74, 6) is 0.770. The zero-order valence-electron chi connectivity index (χ0n) is 13.1. The van der Waals surface area contributed by atoms with Crippen LogP contribution >= 0.6 is 11.8 Å². The van der Waals surface area contributed by atoms with E-state index in [9.17, 15) is 9.59 Å². The van der Waals surface area contributed by atoms with Gasteiger partial charge in [0.25, 0.3) is 5.91 Å². The van der Waals surface area contributed by atoms with Crippen LogP contribution in [-0.2, 0) is 16.1 Å². The SMILES string of the molecule is O=C(C=C1Sc2ccccc2NC1=O)NCc1ccc2c(c1)OCO2. The van der Waals surface area contributed by atoms with E-state index in [1.807, 2.05) is 42.5 Å². The highest BCUT2D eigenvalue weighted by atomic mass is 32.2. The van der Waals surface area contributed by atoms with Crippen molar-refractivity contribution in [2.75, 3.05) is 12.1 Å². The minimum Gasteiger partial charge on any atom is -0.454 e. The van der Waals surface area contributed by atoms with Gasteiger partial charge in [-0.05, 0) is 29.8 Å². The third-order valence-electron chi connectivity index (χ3n) is 3.74. The minimum absolute atomic E-state index is 0.213. The molecule has 25 heavy (non-hydrogen) atoms. The van der Waals surface area contributed by atoms with Gasteiger partial charge in [-0.1, -0.05) is 30.0 Å². The van der Waals surface area contributed by atoms with Gasteiger partial charge in [0.2, 0.25) is 12.7 Å². The molecule has 0 bridgehead atoms. The van der Waals surface area contributed by atoms with E-state index in [2.05, 4.69) is 10.6 Å². The Hall–Kier alpha value is -2.93. The number of thioether (sulfide) groups is 1. The number of carbonyl (C=O) groups is 2. The second-order valence-corrected chi connectivity index (χ2v) is 6.55. The minimum atomic E-state index is -0.324. The van der Waals surface area contributed by atoms with Crippen LogP contribution in [0, 0.1) is 0 Å². The van der Waals surface area contributed by atoms with Gasteiger partial charge in [0.1, 0.15) is 0 Å². The van der Waals surface area contributed by atoms with Crippen LogP contribution in [0.4, 0.5) is 5.69 Å². The van der Waals surface area contributed by atoms with Crippen LogP contribution in [-0.4, -0.2) is 18.6 Å². The lowest BCUT2D eigenvalue weighted by Crippen LogP contribution is -2.23. The van der Waals surface area contributed by atoms with Crippen molar-refractivity contribution in [3.8, 4) is 11.5 Å². The van der Waals surface area contributed by atoms with Gasteiger partial charge in [0.05, 0.1) is 10.6 Å². The zero-order valence-corrected chi connectivity index (χ0v) is 13.9. The fourth-order valence-corrected chi connectivity index (χ4v) is 3.44. The Kier molecular flexibility index (Phi) is 4.07. The molecule has 2 aromatic carbocycles. The van der Waals surface area contributed by atoms with Crippen LogP contribution in [0.25, 0.3) is 0 Å². The van der Waals surface area contributed by atoms with Crippen LogP contribution in [0.1, 0.15) is 5.56 Å². The third-order valence-corrected chi connectivity index (χ3v) is 4.84. The monoisotopic (exact) mass is 354 g/mol. The number of para-hydroxylation sites is 1. The Bertz CT molecular complexity index is 894. The average molecular weight is 354 g/mol. The average Bonchev–Trinajstić information content (AvgIpc) is 3.08. The molecule has 2 heterocycles. The number of carbonyl (C=O) groups excluding carboxylic acids is 2. The van der Waals surface area contributed by atoms with Crippen molar-refractivity contribution < 1.29 is 19.1 Å². The smallest absolute Gasteiger partial charge is 0.262 e. The van der Waals surface area contributed by atoms with Crippen LogP contribution in [0.15, 0.2) is 58.3 Å². The summed E-state index contributed by atoms with van der Waals surface area (Å²) in [6.07, 6.45) is 1.32.